The predicted octanol–water partition coefficient (Wildman–Crippen LogP) is 2.34. The molecule has 3 N–H and O–H groups in total. The second-order valence-electron chi connectivity index (χ2n) is 5.21. The maximum atomic E-state index is 12.2. The summed E-state index contributed by atoms with van der Waals surface area (Å²) in [5, 5.41) is 3.41. The highest BCUT2D eigenvalue weighted by atomic mass is 32.2. The lowest BCUT2D eigenvalue weighted by atomic mass is 10.2. The Morgan fingerprint density at radius 1 is 1.29 bits per heavy atom. The van der Waals surface area contributed by atoms with Gasteiger partial charge in [-0.3, -0.25) is 15.6 Å². The van der Waals surface area contributed by atoms with Crippen molar-refractivity contribution in [3.05, 3.63) is 23.8 Å². The van der Waals surface area contributed by atoms with Crippen molar-refractivity contribution in [1.29, 1.82) is 0 Å². The van der Waals surface area contributed by atoms with E-state index in [1.54, 1.807) is 30.0 Å². The van der Waals surface area contributed by atoms with Gasteiger partial charge in [0.25, 0.3) is 5.91 Å². The number of thiocarbonyl (C=S) groups is 1. The number of hydrazine groups is 1. The van der Waals surface area contributed by atoms with Crippen LogP contribution in [0.1, 0.15) is 30.6 Å². The van der Waals surface area contributed by atoms with Crippen LogP contribution in [0.3, 0.4) is 0 Å². The first-order valence-corrected chi connectivity index (χ1v) is 9.46. The average Bonchev–Trinajstić information content (AvgIpc) is 2.56. The second kappa shape index (κ2) is 11.0. The SMILES string of the molecule is COc1cc(C(=O)NNC(=S)NCCCSC)ccc1OC(C)C. The molecule has 1 aromatic rings. The molecule has 0 spiro atoms. The van der Waals surface area contributed by atoms with Gasteiger partial charge >= 0.3 is 0 Å². The lowest BCUT2D eigenvalue weighted by molar-refractivity contribution is 0.0943. The van der Waals surface area contributed by atoms with E-state index in [4.69, 9.17) is 21.7 Å². The Bertz CT molecular complexity index is 553. The number of carbonyl (C=O) groups is 1. The first-order chi connectivity index (χ1) is 11.5. The van der Waals surface area contributed by atoms with Gasteiger partial charge in [0, 0.05) is 12.1 Å². The van der Waals surface area contributed by atoms with Gasteiger partial charge in [-0.05, 0) is 62.7 Å². The van der Waals surface area contributed by atoms with Crippen LogP contribution in [0.4, 0.5) is 0 Å². The van der Waals surface area contributed by atoms with Crippen LogP contribution in [0.5, 0.6) is 11.5 Å². The third-order valence-electron chi connectivity index (χ3n) is 2.89. The monoisotopic (exact) mass is 371 g/mol. The summed E-state index contributed by atoms with van der Waals surface area (Å²) >= 11 is 6.88. The van der Waals surface area contributed by atoms with Gasteiger partial charge in [-0.2, -0.15) is 11.8 Å². The number of hydrogen-bond donors (Lipinski definition) is 3. The summed E-state index contributed by atoms with van der Waals surface area (Å²) < 4.78 is 10.9. The Balaban J connectivity index is 2.54. The normalized spacial score (nSPS) is 10.2. The Kier molecular flexibility index (Phi) is 9.33. The summed E-state index contributed by atoms with van der Waals surface area (Å²) in [6.45, 7) is 4.62. The number of rotatable bonds is 8. The summed E-state index contributed by atoms with van der Waals surface area (Å²) in [6.07, 6.45) is 3.09. The molecule has 8 heteroatoms. The minimum atomic E-state index is -0.308. The van der Waals surface area contributed by atoms with E-state index in [0.29, 0.717) is 22.2 Å². The van der Waals surface area contributed by atoms with Crippen molar-refractivity contribution in [2.24, 2.45) is 0 Å². The third kappa shape index (κ3) is 7.27. The van der Waals surface area contributed by atoms with Crippen LogP contribution in [0, 0.1) is 0 Å². The summed E-state index contributed by atoms with van der Waals surface area (Å²) in [5.41, 5.74) is 5.69. The van der Waals surface area contributed by atoms with E-state index >= 15 is 0 Å². The second-order valence-corrected chi connectivity index (χ2v) is 6.61. The van der Waals surface area contributed by atoms with Crippen LogP contribution >= 0.6 is 24.0 Å². The molecule has 1 amide bonds. The van der Waals surface area contributed by atoms with E-state index in [9.17, 15) is 4.79 Å². The molecule has 1 aromatic carbocycles. The Morgan fingerprint density at radius 3 is 2.67 bits per heavy atom. The Morgan fingerprint density at radius 2 is 2.04 bits per heavy atom. The minimum absolute atomic E-state index is 0.0230. The number of carbonyl (C=O) groups excluding carboxylic acids is 1. The smallest absolute Gasteiger partial charge is 0.269 e. The molecule has 0 radical (unpaired) electrons. The summed E-state index contributed by atoms with van der Waals surface area (Å²) in [5.74, 6) is 1.86. The predicted molar refractivity (Wildman–Crippen MR) is 103 cm³/mol. The maximum absolute atomic E-state index is 12.2. The number of methoxy groups -OCH3 is 1. The molecule has 0 aliphatic rings. The first kappa shape index (κ1) is 20.4. The van der Waals surface area contributed by atoms with E-state index in [1.165, 1.54) is 7.11 Å². The van der Waals surface area contributed by atoms with Crippen LogP contribution in [0.15, 0.2) is 18.2 Å². The average molecular weight is 372 g/mol. The third-order valence-corrected chi connectivity index (χ3v) is 3.83. The lowest BCUT2D eigenvalue weighted by Crippen LogP contribution is -2.47. The maximum Gasteiger partial charge on any atom is 0.269 e. The zero-order valence-corrected chi connectivity index (χ0v) is 16.1. The summed E-state index contributed by atoms with van der Waals surface area (Å²) in [6, 6.07) is 5.02. The van der Waals surface area contributed by atoms with Crippen LogP contribution in [-0.2, 0) is 0 Å². The lowest BCUT2D eigenvalue weighted by Gasteiger charge is -2.15. The van der Waals surface area contributed by atoms with E-state index in [1.807, 2.05) is 13.8 Å². The molecule has 0 aromatic heterocycles. The van der Waals surface area contributed by atoms with Crippen LogP contribution in [-0.4, -0.2) is 42.8 Å². The highest BCUT2D eigenvalue weighted by Gasteiger charge is 2.12. The fourth-order valence-corrected chi connectivity index (χ4v) is 2.39. The molecule has 6 nitrogen and oxygen atoms in total. The minimum Gasteiger partial charge on any atom is -0.493 e. The van der Waals surface area contributed by atoms with Crippen LogP contribution in [0.25, 0.3) is 0 Å². The van der Waals surface area contributed by atoms with Gasteiger partial charge in [-0.1, -0.05) is 0 Å². The zero-order valence-electron chi connectivity index (χ0n) is 14.5. The molecule has 0 aliphatic carbocycles. The van der Waals surface area contributed by atoms with E-state index in [-0.39, 0.29) is 12.0 Å². The largest absolute Gasteiger partial charge is 0.493 e. The van der Waals surface area contributed by atoms with Crippen molar-refractivity contribution >= 4 is 35.0 Å². The van der Waals surface area contributed by atoms with Crippen molar-refractivity contribution in [2.45, 2.75) is 26.4 Å². The molecule has 24 heavy (non-hydrogen) atoms. The fourth-order valence-electron chi connectivity index (χ4n) is 1.81. The Hall–Kier alpha value is -1.67. The summed E-state index contributed by atoms with van der Waals surface area (Å²) in [4.78, 5) is 12.2. The number of hydrogen-bond acceptors (Lipinski definition) is 5. The van der Waals surface area contributed by atoms with Crippen LogP contribution < -0.4 is 25.6 Å². The van der Waals surface area contributed by atoms with E-state index in [0.717, 1.165) is 18.7 Å². The standard InChI is InChI=1S/C16H25N3O3S2/c1-11(2)22-13-7-6-12(10-14(13)21-3)15(20)18-19-16(23)17-8-5-9-24-4/h6-7,10-11H,5,8-9H2,1-4H3,(H,18,20)(H2,17,19,23). The van der Waals surface area contributed by atoms with Gasteiger partial charge in [0.15, 0.2) is 16.6 Å². The number of amides is 1. The number of nitrogens with one attached hydrogen (secondary N) is 3. The quantitative estimate of drug-likeness (QED) is 0.368. The van der Waals surface area contributed by atoms with E-state index in [2.05, 4.69) is 22.4 Å². The van der Waals surface area contributed by atoms with Gasteiger partial charge in [0.2, 0.25) is 0 Å². The molecule has 1 rings (SSSR count). The first-order valence-electron chi connectivity index (χ1n) is 7.65. The number of benzene rings is 1. The molecule has 0 aliphatic heterocycles. The zero-order chi connectivity index (χ0) is 17.9. The molecular weight excluding hydrogens is 346 g/mol. The molecule has 134 valence electrons. The molecule has 0 unspecified atom stereocenters. The van der Waals surface area contributed by atoms with Crippen LogP contribution in [0.2, 0.25) is 0 Å². The number of ether oxygens (including phenoxy) is 2. The summed E-state index contributed by atoms with van der Waals surface area (Å²) in [7, 11) is 1.54. The topological polar surface area (TPSA) is 71.6 Å². The molecule has 0 fully saturated rings. The Labute approximate surface area is 153 Å². The van der Waals surface area contributed by atoms with Gasteiger partial charge in [0.05, 0.1) is 13.2 Å². The van der Waals surface area contributed by atoms with Gasteiger partial charge in [-0.15, -0.1) is 0 Å². The number of thioether (sulfide) groups is 1. The molecule has 0 heterocycles. The van der Waals surface area contributed by atoms with Crippen molar-refractivity contribution in [3.8, 4) is 11.5 Å². The molecule has 0 saturated carbocycles. The molecule has 0 bridgehead atoms. The molecule has 0 atom stereocenters. The van der Waals surface area contributed by atoms with Gasteiger partial charge in [-0.25, -0.2) is 0 Å². The van der Waals surface area contributed by atoms with Crippen molar-refractivity contribution < 1.29 is 14.3 Å². The van der Waals surface area contributed by atoms with E-state index < -0.39 is 0 Å². The van der Waals surface area contributed by atoms with Crippen molar-refractivity contribution in [3.63, 3.8) is 0 Å². The van der Waals surface area contributed by atoms with Crippen molar-refractivity contribution in [1.82, 2.24) is 16.2 Å². The highest BCUT2D eigenvalue weighted by molar-refractivity contribution is 7.98. The fraction of sp³-hybridized carbons (Fsp3) is 0.500. The van der Waals surface area contributed by atoms with Crippen molar-refractivity contribution in [2.75, 3.05) is 25.7 Å². The van der Waals surface area contributed by atoms with Gasteiger partial charge in [0.1, 0.15) is 0 Å². The molecular formula is C16H25N3O3S2. The molecule has 0 saturated heterocycles. The highest BCUT2D eigenvalue weighted by Crippen LogP contribution is 2.28. The van der Waals surface area contributed by atoms with Gasteiger partial charge < -0.3 is 14.8 Å².